The van der Waals surface area contributed by atoms with Crippen molar-refractivity contribution in [3.63, 3.8) is 0 Å². The number of carbonyl (C=O) groups excluding carboxylic acids is 1. The minimum absolute atomic E-state index is 0.169. The van der Waals surface area contributed by atoms with Crippen LogP contribution < -0.4 is 0 Å². The minimum Gasteiger partial charge on any atom is -0.454 e. The van der Waals surface area contributed by atoms with Crippen LogP contribution in [0.1, 0.15) is 64.5 Å². The fourth-order valence-corrected chi connectivity index (χ4v) is 2.43. The predicted molar refractivity (Wildman–Crippen MR) is 88.0 cm³/mol. The molecule has 0 amide bonds. The molecule has 0 aromatic heterocycles. The summed E-state index contributed by atoms with van der Waals surface area (Å²) in [6.45, 7) is 9.79. The molecular weight excluding hydrogens is 260 g/mol. The number of carbonyl (C=O) groups is 1. The van der Waals surface area contributed by atoms with E-state index >= 15 is 0 Å². The Bertz CT molecular complexity index is 436. The molecule has 0 bridgehead atoms. The Labute approximate surface area is 129 Å². The van der Waals surface area contributed by atoms with E-state index in [1.165, 1.54) is 19.3 Å². The fourth-order valence-electron chi connectivity index (χ4n) is 2.43. The van der Waals surface area contributed by atoms with E-state index in [1.807, 2.05) is 30.3 Å². The van der Waals surface area contributed by atoms with Crippen LogP contribution in [0, 0.1) is 5.92 Å². The summed E-state index contributed by atoms with van der Waals surface area (Å²) >= 11 is 0. The van der Waals surface area contributed by atoms with Crippen LogP contribution in [0.3, 0.4) is 0 Å². The molecule has 2 atom stereocenters. The Kier molecular flexibility index (Phi) is 7.81. The monoisotopic (exact) mass is 288 g/mol. The van der Waals surface area contributed by atoms with Crippen molar-refractivity contribution in [1.29, 1.82) is 0 Å². The predicted octanol–water partition coefficient (Wildman–Crippen LogP) is 5.45. The van der Waals surface area contributed by atoms with Gasteiger partial charge in [-0.25, -0.2) is 4.79 Å². The number of rotatable bonds is 9. The lowest BCUT2D eigenvalue weighted by atomic mass is 9.90. The third-order valence-corrected chi connectivity index (χ3v) is 3.86. The van der Waals surface area contributed by atoms with E-state index in [0.717, 1.165) is 18.4 Å². The van der Waals surface area contributed by atoms with Crippen LogP contribution in [0.2, 0.25) is 0 Å². The highest BCUT2D eigenvalue weighted by Crippen LogP contribution is 2.30. The lowest BCUT2D eigenvalue weighted by Gasteiger charge is -2.23. The number of benzene rings is 1. The molecule has 2 heteroatoms. The average molecular weight is 288 g/mol. The minimum atomic E-state index is -0.297. The third-order valence-electron chi connectivity index (χ3n) is 3.86. The summed E-state index contributed by atoms with van der Waals surface area (Å²) in [5.41, 5.74) is 1.53. The van der Waals surface area contributed by atoms with Gasteiger partial charge in [-0.1, -0.05) is 76.4 Å². The Morgan fingerprint density at radius 3 is 2.43 bits per heavy atom. The van der Waals surface area contributed by atoms with Gasteiger partial charge in [-0.3, -0.25) is 0 Å². The summed E-state index contributed by atoms with van der Waals surface area (Å²) in [6, 6.07) is 10.0. The van der Waals surface area contributed by atoms with Crippen molar-refractivity contribution in [3.05, 3.63) is 48.0 Å². The van der Waals surface area contributed by atoms with Crippen molar-refractivity contribution in [2.75, 3.05) is 0 Å². The van der Waals surface area contributed by atoms with E-state index in [-0.39, 0.29) is 12.1 Å². The van der Waals surface area contributed by atoms with Crippen LogP contribution in [-0.4, -0.2) is 5.97 Å². The first-order chi connectivity index (χ1) is 10.1. The Hall–Kier alpha value is -1.57. The second kappa shape index (κ2) is 9.38. The van der Waals surface area contributed by atoms with E-state index < -0.39 is 0 Å². The van der Waals surface area contributed by atoms with Crippen molar-refractivity contribution in [3.8, 4) is 0 Å². The molecule has 0 radical (unpaired) electrons. The van der Waals surface area contributed by atoms with E-state index in [2.05, 4.69) is 20.4 Å². The first-order valence-corrected chi connectivity index (χ1v) is 7.99. The zero-order valence-corrected chi connectivity index (χ0v) is 13.6. The summed E-state index contributed by atoms with van der Waals surface area (Å²) < 4.78 is 5.67. The summed E-state index contributed by atoms with van der Waals surface area (Å²) in [6.07, 6.45) is 5.47. The highest BCUT2D eigenvalue weighted by atomic mass is 16.5. The lowest BCUT2D eigenvalue weighted by Crippen LogP contribution is -2.15. The van der Waals surface area contributed by atoms with Gasteiger partial charge >= 0.3 is 5.97 Å². The summed E-state index contributed by atoms with van der Waals surface area (Å²) in [5.74, 6) is 0.294. The van der Waals surface area contributed by atoms with Gasteiger partial charge in [0.15, 0.2) is 0 Å². The van der Waals surface area contributed by atoms with Gasteiger partial charge in [-0.2, -0.15) is 0 Å². The molecule has 21 heavy (non-hydrogen) atoms. The summed E-state index contributed by atoms with van der Waals surface area (Å²) in [4.78, 5) is 11.9. The molecule has 1 aromatic carbocycles. The molecule has 0 fully saturated rings. The molecule has 0 aliphatic rings. The number of hydrogen-bond donors (Lipinski definition) is 0. The maximum Gasteiger partial charge on any atom is 0.333 e. The van der Waals surface area contributed by atoms with Gasteiger partial charge in [0.1, 0.15) is 6.10 Å². The number of ether oxygens (including phenoxy) is 1. The van der Waals surface area contributed by atoms with Crippen molar-refractivity contribution in [1.82, 2.24) is 0 Å². The first-order valence-electron chi connectivity index (χ1n) is 7.99. The Balaban J connectivity index is 2.81. The molecule has 1 rings (SSSR count). The van der Waals surface area contributed by atoms with E-state index in [0.29, 0.717) is 11.5 Å². The van der Waals surface area contributed by atoms with Crippen LogP contribution in [0.5, 0.6) is 0 Å². The molecule has 2 nitrogen and oxygen atoms in total. The highest BCUT2D eigenvalue weighted by Gasteiger charge is 2.21. The second-order valence-electron chi connectivity index (χ2n) is 5.74. The molecule has 2 unspecified atom stereocenters. The molecule has 0 saturated heterocycles. The van der Waals surface area contributed by atoms with Crippen LogP contribution in [-0.2, 0) is 9.53 Å². The molecule has 116 valence electrons. The highest BCUT2D eigenvalue weighted by molar-refractivity contribution is 5.87. The van der Waals surface area contributed by atoms with Crippen LogP contribution in [0.25, 0.3) is 0 Å². The van der Waals surface area contributed by atoms with Gasteiger partial charge in [-0.15, -0.1) is 0 Å². The van der Waals surface area contributed by atoms with Crippen LogP contribution in [0.4, 0.5) is 0 Å². The number of esters is 1. The molecule has 0 aliphatic carbocycles. The maximum absolute atomic E-state index is 11.9. The Morgan fingerprint density at radius 1 is 1.24 bits per heavy atom. The van der Waals surface area contributed by atoms with Gasteiger partial charge in [0.25, 0.3) is 0 Å². The van der Waals surface area contributed by atoms with Crippen molar-refractivity contribution < 1.29 is 9.53 Å². The third kappa shape index (κ3) is 6.16. The lowest BCUT2D eigenvalue weighted by molar-refractivity contribution is -0.145. The molecule has 0 spiro atoms. The van der Waals surface area contributed by atoms with E-state index in [1.54, 1.807) is 6.92 Å². The topological polar surface area (TPSA) is 26.3 Å². The Morgan fingerprint density at radius 2 is 1.90 bits per heavy atom. The van der Waals surface area contributed by atoms with Crippen LogP contribution >= 0.6 is 0 Å². The van der Waals surface area contributed by atoms with E-state index in [9.17, 15) is 4.79 Å². The maximum atomic E-state index is 11.9. The molecular formula is C19H28O2. The van der Waals surface area contributed by atoms with Crippen molar-refractivity contribution in [2.45, 2.75) is 59.0 Å². The number of unbranched alkanes of at least 4 members (excludes halogenated alkanes) is 1. The molecule has 0 aliphatic heterocycles. The van der Waals surface area contributed by atoms with Gasteiger partial charge in [0, 0.05) is 5.57 Å². The first kappa shape index (κ1) is 17.5. The van der Waals surface area contributed by atoms with E-state index in [4.69, 9.17) is 4.74 Å². The summed E-state index contributed by atoms with van der Waals surface area (Å²) in [7, 11) is 0. The van der Waals surface area contributed by atoms with Crippen LogP contribution in [0.15, 0.2) is 42.5 Å². The van der Waals surface area contributed by atoms with Crippen molar-refractivity contribution >= 4 is 5.97 Å². The second-order valence-corrected chi connectivity index (χ2v) is 5.74. The van der Waals surface area contributed by atoms with Gasteiger partial charge in [-0.05, 0) is 24.8 Å². The standard InChI is InChI=1S/C19H28O2/c1-5-7-11-16(6-2)14-18(21-19(20)15(3)4)17-12-9-8-10-13-17/h8-10,12-13,16,18H,3,5-7,11,14H2,1-2,4H3. The summed E-state index contributed by atoms with van der Waals surface area (Å²) in [5, 5.41) is 0. The van der Waals surface area contributed by atoms with Gasteiger partial charge in [0.05, 0.1) is 0 Å². The molecule has 0 saturated carbocycles. The fraction of sp³-hybridized carbons (Fsp3) is 0.526. The molecule has 1 aromatic rings. The largest absolute Gasteiger partial charge is 0.454 e. The van der Waals surface area contributed by atoms with Crippen molar-refractivity contribution in [2.24, 2.45) is 5.92 Å². The molecule has 0 heterocycles. The normalized spacial score (nSPS) is 13.5. The average Bonchev–Trinajstić information content (AvgIpc) is 2.50. The SMILES string of the molecule is C=C(C)C(=O)OC(CC(CC)CCCC)c1ccccc1. The zero-order valence-electron chi connectivity index (χ0n) is 13.6. The van der Waals surface area contributed by atoms with Gasteiger partial charge < -0.3 is 4.74 Å². The zero-order chi connectivity index (χ0) is 15.7. The smallest absolute Gasteiger partial charge is 0.333 e. The molecule has 0 N–H and O–H groups in total. The number of hydrogen-bond acceptors (Lipinski definition) is 2. The quantitative estimate of drug-likeness (QED) is 0.446. The van der Waals surface area contributed by atoms with Gasteiger partial charge in [0.2, 0.25) is 0 Å².